The Balaban J connectivity index is 1.53. The Labute approximate surface area is 138 Å². The van der Waals surface area contributed by atoms with E-state index >= 15 is 0 Å². The third-order valence-electron chi connectivity index (χ3n) is 4.61. The largest absolute Gasteiger partial charge is 0.379 e. The van der Waals surface area contributed by atoms with Gasteiger partial charge in [0.05, 0.1) is 18.6 Å². The van der Waals surface area contributed by atoms with Crippen LogP contribution in [0, 0.1) is 0 Å². The Morgan fingerprint density at radius 1 is 1.32 bits per heavy atom. The number of morpholine rings is 1. The SMILES string of the molecule is c1nc(NCC2(N3CCOCC3)CCSC2)c2ccsc2n1. The lowest BCUT2D eigenvalue weighted by Crippen LogP contribution is -2.57. The van der Waals surface area contributed by atoms with Crippen molar-refractivity contribution in [2.24, 2.45) is 0 Å². The number of rotatable bonds is 4. The number of thioether (sulfide) groups is 1. The lowest BCUT2D eigenvalue weighted by molar-refractivity contribution is -0.00921. The zero-order valence-electron chi connectivity index (χ0n) is 12.5. The van der Waals surface area contributed by atoms with Crippen molar-refractivity contribution in [1.82, 2.24) is 14.9 Å². The van der Waals surface area contributed by atoms with Crippen LogP contribution in [0.3, 0.4) is 0 Å². The van der Waals surface area contributed by atoms with Gasteiger partial charge in [0.25, 0.3) is 0 Å². The average molecular weight is 336 g/mol. The number of fused-ring (bicyclic) bond motifs is 1. The summed E-state index contributed by atoms with van der Waals surface area (Å²) in [5, 5.41) is 6.83. The predicted molar refractivity (Wildman–Crippen MR) is 93.0 cm³/mol. The Kier molecular flexibility index (Phi) is 4.21. The van der Waals surface area contributed by atoms with Gasteiger partial charge < -0.3 is 10.1 Å². The molecule has 0 bridgehead atoms. The Bertz CT molecular complexity index is 635. The van der Waals surface area contributed by atoms with Crippen LogP contribution in [-0.2, 0) is 4.74 Å². The van der Waals surface area contributed by atoms with Gasteiger partial charge in [-0.05, 0) is 23.6 Å². The van der Waals surface area contributed by atoms with Gasteiger partial charge in [-0.25, -0.2) is 9.97 Å². The van der Waals surface area contributed by atoms with E-state index in [0.717, 1.165) is 48.9 Å². The van der Waals surface area contributed by atoms with Crippen molar-refractivity contribution in [3.05, 3.63) is 17.8 Å². The Hall–Kier alpha value is -0.890. The van der Waals surface area contributed by atoms with Crippen molar-refractivity contribution in [3.63, 3.8) is 0 Å². The fraction of sp³-hybridized carbons (Fsp3) is 0.600. The van der Waals surface area contributed by atoms with E-state index in [0.29, 0.717) is 0 Å². The number of thiophene rings is 1. The van der Waals surface area contributed by atoms with Crippen LogP contribution in [0.25, 0.3) is 10.2 Å². The zero-order valence-corrected chi connectivity index (χ0v) is 14.1. The molecule has 0 spiro atoms. The summed E-state index contributed by atoms with van der Waals surface area (Å²) in [6.07, 6.45) is 2.90. The number of nitrogens with zero attached hydrogens (tertiary/aromatic N) is 3. The standard InChI is InChI=1S/C15H20N4OS2/c1-7-22-14-12(1)13(17-11-18-14)16-9-15(2-8-21-10-15)19-3-5-20-6-4-19/h1,7,11H,2-6,8-10H2,(H,16,17,18). The van der Waals surface area contributed by atoms with Crippen LogP contribution in [-0.4, -0.2) is 64.8 Å². The molecule has 2 aromatic heterocycles. The van der Waals surface area contributed by atoms with E-state index in [1.807, 2.05) is 0 Å². The van der Waals surface area contributed by atoms with E-state index in [-0.39, 0.29) is 5.54 Å². The van der Waals surface area contributed by atoms with Crippen molar-refractivity contribution >= 4 is 39.1 Å². The third-order valence-corrected chi connectivity index (χ3v) is 6.67. The molecule has 2 aromatic rings. The molecule has 5 nitrogen and oxygen atoms in total. The lowest BCUT2D eigenvalue weighted by Gasteiger charge is -2.43. The molecule has 2 saturated heterocycles. The van der Waals surface area contributed by atoms with E-state index in [2.05, 4.69) is 43.4 Å². The molecule has 1 N–H and O–H groups in total. The number of ether oxygens (including phenoxy) is 1. The molecule has 0 aromatic carbocycles. The maximum Gasteiger partial charge on any atom is 0.138 e. The van der Waals surface area contributed by atoms with Gasteiger partial charge in [0.2, 0.25) is 0 Å². The van der Waals surface area contributed by atoms with Gasteiger partial charge in [-0.3, -0.25) is 4.90 Å². The average Bonchev–Trinajstić information content (AvgIpc) is 3.24. The molecular formula is C15H20N4OS2. The summed E-state index contributed by atoms with van der Waals surface area (Å²) in [5.41, 5.74) is 0.238. The highest BCUT2D eigenvalue weighted by molar-refractivity contribution is 7.99. The molecular weight excluding hydrogens is 316 g/mol. The summed E-state index contributed by atoms with van der Waals surface area (Å²) in [6.45, 7) is 4.74. The molecule has 0 aliphatic carbocycles. The first kappa shape index (κ1) is 14.7. The summed E-state index contributed by atoms with van der Waals surface area (Å²) in [4.78, 5) is 12.5. The summed E-state index contributed by atoms with van der Waals surface area (Å²) in [7, 11) is 0. The van der Waals surface area contributed by atoms with Crippen molar-refractivity contribution in [1.29, 1.82) is 0 Å². The van der Waals surface area contributed by atoms with E-state index in [4.69, 9.17) is 4.74 Å². The summed E-state index contributed by atoms with van der Waals surface area (Å²) < 4.78 is 5.53. The quantitative estimate of drug-likeness (QED) is 0.925. The van der Waals surface area contributed by atoms with Crippen LogP contribution >= 0.6 is 23.1 Å². The summed E-state index contributed by atoms with van der Waals surface area (Å²) >= 11 is 3.73. The van der Waals surface area contributed by atoms with Crippen LogP contribution in [0.1, 0.15) is 6.42 Å². The van der Waals surface area contributed by atoms with Gasteiger partial charge >= 0.3 is 0 Å². The van der Waals surface area contributed by atoms with Crippen molar-refractivity contribution < 1.29 is 4.74 Å². The molecule has 2 aliphatic rings. The number of hydrogen-bond acceptors (Lipinski definition) is 7. The summed E-state index contributed by atoms with van der Waals surface area (Å²) in [5.74, 6) is 3.41. The number of aromatic nitrogens is 2. The minimum absolute atomic E-state index is 0.238. The first-order valence-electron chi connectivity index (χ1n) is 7.70. The van der Waals surface area contributed by atoms with Crippen LogP contribution in [0.4, 0.5) is 5.82 Å². The van der Waals surface area contributed by atoms with Gasteiger partial charge in [0.1, 0.15) is 17.0 Å². The van der Waals surface area contributed by atoms with Crippen LogP contribution in [0.5, 0.6) is 0 Å². The maximum absolute atomic E-state index is 5.53. The van der Waals surface area contributed by atoms with Crippen molar-refractivity contribution in [2.45, 2.75) is 12.0 Å². The van der Waals surface area contributed by atoms with Gasteiger partial charge in [-0.15, -0.1) is 11.3 Å². The zero-order chi connectivity index (χ0) is 14.8. The van der Waals surface area contributed by atoms with Crippen LogP contribution in [0.2, 0.25) is 0 Å². The van der Waals surface area contributed by atoms with Crippen molar-refractivity contribution in [3.8, 4) is 0 Å². The van der Waals surface area contributed by atoms with Gasteiger partial charge in [0.15, 0.2) is 0 Å². The number of nitrogens with one attached hydrogen (secondary N) is 1. The third kappa shape index (κ3) is 2.71. The molecule has 2 aliphatic heterocycles. The minimum atomic E-state index is 0.238. The Morgan fingerprint density at radius 3 is 3.05 bits per heavy atom. The van der Waals surface area contributed by atoms with Gasteiger partial charge in [0, 0.05) is 30.9 Å². The van der Waals surface area contributed by atoms with E-state index < -0.39 is 0 Å². The highest BCUT2D eigenvalue weighted by atomic mass is 32.2. The second-order valence-electron chi connectivity index (χ2n) is 5.84. The smallest absolute Gasteiger partial charge is 0.138 e. The van der Waals surface area contributed by atoms with Crippen LogP contribution < -0.4 is 5.32 Å². The molecule has 7 heteroatoms. The predicted octanol–water partition coefficient (Wildman–Crippen LogP) is 2.31. The fourth-order valence-corrected chi connectivity index (χ4v) is 5.52. The molecule has 1 atom stereocenters. The monoisotopic (exact) mass is 336 g/mol. The molecule has 4 heterocycles. The molecule has 0 radical (unpaired) electrons. The highest BCUT2D eigenvalue weighted by Crippen LogP contribution is 2.35. The maximum atomic E-state index is 5.53. The lowest BCUT2D eigenvalue weighted by atomic mass is 9.95. The molecule has 1 unspecified atom stereocenters. The topological polar surface area (TPSA) is 50.3 Å². The number of anilines is 1. The normalized spacial score (nSPS) is 26.5. The van der Waals surface area contributed by atoms with E-state index in [1.165, 1.54) is 17.9 Å². The van der Waals surface area contributed by atoms with Crippen molar-refractivity contribution in [2.75, 3.05) is 49.7 Å². The van der Waals surface area contributed by atoms with Gasteiger partial charge in [-0.1, -0.05) is 0 Å². The second kappa shape index (κ2) is 6.31. The first-order valence-corrected chi connectivity index (χ1v) is 9.73. The van der Waals surface area contributed by atoms with Gasteiger partial charge in [-0.2, -0.15) is 11.8 Å². The van der Waals surface area contributed by atoms with E-state index in [9.17, 15) is 0 Å². The minimum Gasteiger partial charge on any atom is -0.379 e. The molecule has 4 rings (SSSR count). The fourth-order valence-electron chi connectivity index (χ4n) is 3.31. The molecule has 0 saturated carbocycles. The highest BCUT2D eigenvalue weighted by Gasteiger charge is 2.40. The molecule has 118 valence electrons. The molecule has 22 heavy (non-hydrogen) atoms. The Morgan fingerprint density at radius 2 is 2.23 bits per heavy atom. The first-order chi connectivity index (χ1) is 10.9. The van der Waals surface area contributed by atoms with E-state index in [1.54, 1.807) is 17.7 Å². The molecule has 2 fully saturated rings. The van der Waals surface area contributed by atoms with Crippen LogP contribution in [0.15, 0.2) is 17.8 Å². The summed E-state index contributed by atoms with van der Waals surface area (Å²) in [6, 6.07) is 2.10. The molecule has 0 amide bonds. The number of hydrogen-bond donors (Lipinski definition) is 1. The second-order valence-corrected chi connectivity index (χ2v) is 7.84.